The van der Waals surface area contributed by atoms with Crippen LogP contribution in [0.2, 0.25) is 0 Å². The van der Waals surface area contributed by atoms with Gasteiger partial charge >= 0.3 is 90.8 Å². The molecule has 1 atom stereocenters. The van der Waals surface area contributed by atoms with Crippen LogP contribution in [0.3, 0.4) is 0 Å². The molecule has 0 saturated heterocycles. The molecular formula is C10H17NOW. The van der Waals surface area contributed by atoms with Crippen LogP contribution in [0, 0.1) is 0 Å². The Bertz CT molecular complexity index is 241. The van der Waals surface area contributed by atoms with Crippen molar-refractivity contribution in [3.63, 3.8) is 0 Å². The number of hydrogen-bond donors (Lipinski definition) is 2. The second kappa shape index (κ2) is 5.51. The van der Waals surface area contributed by atoms with Gasteiger partial charge in [0.15, 0.2) is 0 Å². The Labute approximate surface area is 90.9 Å². The van der Waals surface area contributed by atoms with Crippen LogP contribution >= 0.6 is 0 Å². The molecule has 3 heteroatoms. The summed E-state index contributed by atoms with van der Waals surface area (Å²) >= 11 is 1.29. The number of nitrogens with two attached hydrogens (primary N) is 1. The van der Waals surface area contributed by atoms with Crippen molar-refractivity contribution in [2.75, 3.05) is 0 Å². The molecule has 0 amide bonds. The van der Waals surface area contributed by atoms with Gasteiger partial charge in [-0.2, -0.15) is 0 Å². The van der Waals surface area contributed by atoms with Crippen molar-refractivity contribution in [1.29, 1.82) is 0 Å². The third-order valence-corrected chi connectivity index (χ3v) is 2.95. The van der Waals surface area contributed by atoms with Gasteiger partial charge in [-0.05, 0) is 0 Å². The minimum absolute atomic E-state index is 0.663. The normalized spacial score (nSPS) is 18.2. The van der Waals surface area contributed by atoms with Gasteiger partial charge in [0.25, 0.3) is 0 Å². The van der Waals surface area contributed by atoms with E-state index in [4.69, 9.17) is 5.73 Å². The summed E-state index contributed by atoms with van der Waals surface area (Å²) in [5, 5.41) is 10.0. The Hall–Kier alpha value is -0.202. The van der Waals surface area contributed by atoms with Gasteiger partial charge in [0.2, 0.25) is 0 Å². The first kappa shape index (κ1) is 12.8. The van der Waals surface area contributed by atoms with Crippen LogP contribution in [0.15, 0.2) is 23.4 Å². The van der Waals surface area contributed by atoms with Crippen molar-refractivity contribution < 1.29 is 24.5 Å². The van der Waals surface area contributed by atoms with Gasteiger partial charge in [0.1, 0.15) is 0 Å². The monoisotopic (exact) mass is 351 g/mol. The fourth-order valence-corrected chi connectivity index (χ4v) is 1.46. The Kier molecular flexibility index (Phi) is 5.43. The number of aliphatic hydroxyl groups is 1. The van der Waals surface area contributed by atoms with E-state index in [-0.39, 0.29) is 0 Å². The summed E-state index contributed by atoms with van der Waals surface area (Å²) in [6.07, 6.45) is 4.43. The molecule has 0 bridgehead atoms. The van der Waals surface area contributed by atoms with E-state index in [1.165, 1.54) is 19.4 Å². The molecule has 13 heavy (non-hydrogen) atoms. The second-order valence-electron chi connectivity index (χ2n) is 3.11. The quantitative estimate of drug-likeness (QED) is 0.750. The van der Waals surface area contributed by atoms with Gasteiger partial charge in [0, 0.05) is 0 Å². The zero-order chi connectivity index (χ0) is 10.5. The van der Waals surface area contributed by atoms with E-state index < -0.39 is 5.60 Å². The van der Waals surface area contributed by atoms with Crippen LogP contribution in [-0.4, -0.2) is 15.1 Å². The Morgan fingerprint density at radius 3 is 2.46 bits per heavy atom. The van der Waals surface area contributed by atoms with Crippen LogP contribution < -0.4 is 5.73 Å². The molecule has 0 aromatic rings. The summed E-state index contributed by atoms with van der Waals surface area (Å²) in [6, 6.07) is 0. The Morgan fingerprint density at radius 1 is 1.62 bits per heavy atom. The van der Waals surface area contributed by atoms with Gasteiger partial charge < -0.3 is 0 Å². The van der Waals surface area contributed by atoms with Crippen LogP contribution in [-0.2, 0) is 19.4 Å². The Balaban J connectivity index is 5.15. The molecule has 0 saturated carbocycles. The summed E-state index contributed by atoms with van der Waals surface area (Å²) < 4.78 is 1.89. The van der Waals surface area contributed by atoms with Crippen LogP contribution in [0.1, 0.15) is 27.2 Å². The first-order valence-electron chi connectivity index (χ1n) is 4.30. The molecule has 0 heterocycles. The van der Waals surface area contributed by atoms with Gasteiger partial charge in [-0.3, -0.25) is 0 Å². The molecule has 0 rings (SSSR count). The van der Waals surface area contributed by atoms with Crippen molar-refractivity contribution in [2.24, 2.45) is 5.73 Å². The Morgan fingerprint density at radius 2 is 2.15 bits per heavy atom. The van der Waals surface area contributed by atoms with Crippen LogP contribution in [0.5, 0.6) is 0 Å². The topological polar surface area (TPSA) is 46.2 Å². The third-order valence-electron chi connectivity index (χ3n) is 2.04. The average molecular weight is 351 g/mol. The van der Waals surface area contributed by atoms with Gasteiger partial charge in [0.05, 0.1) is 0 Å². The maximum atomic E-state index is 10.0. The molecule has 0 aromatic carbocycles. The zero-order valence-corrected chi connectivity index (χ0v) is 11.3. The van der Waals surface area contributed by atoms with Crippen molar-refractivity contribution >= 4 is 4.40 Å². The molecule has 0 aliphatic carbocycles. The molecule has 0 spiro atoms. The van der Waals surface area contributed by atoms with E-state index in [0.29, 0.717) is 12.1 Å². The number of allylic oxidation sites excluding steroid dienone is 2. The van der Waals surface area contributed by atoms with Crippen molar-refractivity contribution in [3.05, 3.63) is 23.4 Å². The molecule has 0 aliphatic heterocycles. The summed E-state index contributed by atoms with van der Waals surface area (Å²) in [6.45, 7) is 5.65. The van der Waals surface area contributed by atoms with E-state index in [1.807, 2.05) is 30.4 Å². The summed E-state index contributed by atoms with van der Waals surface area (Å²) in [5.41, 5.74) is 6.47. The molecule has 2 nitrogen and oxygen atoms in total. The predicted octanol–water partition coefficient (Wildman–Crippen LogP) is 1.29. The van der Waals surface area contributed by atoms with Crippen LogP contribution in [0.25, 0.3) is 0 Å². The molecule has 0 aromatic heterocycles. The predicted molar refractivity (Wildman–Crippen MR) is 53.0 cm³/mol. The maximum absolute atomic E-state index is 10.0. The molecule has 74 valence electrons. The first-order valence-corrected chi connectivity index (χ1v) is 5.99. The van der Waals surface area contributed by atoms with Crippen molar-refractivity contribution in [3.8, 4) is 0 Å². The molecule has 0 aliphatic rings. The molecule has 0 fully saturated rings. The number of rotatable bonds is 4. The van der Waals surface area contributed by atoms with Gasteiger partial charge in [-0.15, -0.1) is 0 Å². The molecule has 0 radical (unpaired) electrons. The first-order chi connectivity index (χ1) is 5.99. The van der Waals surface area contributed by atoms with Gasteiger partial charge in [-0.25, -0.2) is 0 Å². The zero-order valence-electron chi connectivity index (χ0n) is 8.37. The standard InChI is InChI=1S/C10H17NO.W/c1-5-7-9(8(3)11)10(4,12)6-2;/h3,5,7,12H,6,11H2,1-2,4H3;/b7-5?,9-8-;. The van der Waals surface area contributed by atoms with Crippen molar-refractivity contribution in [1.82, 2.24) is 0 Å². The number of hydrogen-bond acceptors (Lipinski definition) is 2. The molecule has 3 N–H and O–H groups in total. The van der Waals surface area contributed by atoms with E-state index in [2.05, 4.69) is 0 Å². The molecule has 1 unspecified atom stereocenters. The summed E-state index contributed by atoms with van der Waals surface area (Å²) in [5.74, 6) is 0. The summed E-state index contributed by atoms with van der Waals surface area (Å²) in [7, 11) is 0. The van der Waals surface area contributed by atoms with E-state index in [0.717, 1.165) is 5.57 Å². The van der Waals surface area contributed by atoms with Gasteiger partial charge in [-0.1, -0.05) is 0 Å². The van der Waals surface area contributed by atoms with E-state index in [1.54, 1.807) is 6.92 Å². The second-order valence-corrected chi connectivity index (χ2v) is 3.96. The fourth-order valence-electron chi connectivity index (χ4n) is 1.01. The van der Waals surface area contributed by atoms with Crippen LogP contribution in [0.4, 0.5) is 0 Å². The SMILES string of the molecule is CC=C/C(=C(/N)[CH]=[W])C(C)(O)CC. The summed E-state index contributed by atoms with van der Waals surface area (Å²) in [4.78, 5) is 0. The fraction of sp³-hybridized carbons (Fsp3) is 0.500. The molecular weight excluding hydrogens is 334 g/mol. The van der Waals surface area contributed by atoms with Crippen molar-refractivity contribution in [2.45, 2.75) is 32.8 Å². The minimum atomic E-state index is -0.817. The average Bonchev–Trinajstić information content (AvgIpc) is 2.12. The third kappa shape index (κ3) is 3.58. The van der Waals surface area contributed by atoms with E-state index in [9.17, 15) is 5.11 Å². The van der Waals surface area contributed by atoms with E-state index >= 15 is 0 Å².